The Labute approximate surface area is 115 Å². The van der Waals surface area contributed by atoms with Gasteiger partial charge in [0, 0.05) is 25.8 Å². The minimum atomic E-state index is -0.916. The molecule has 20 heavy (non-hydrogen) atoms. The van der Waals surface area contributed by atoms with Gasteiger partial charge in [0.05, 0.1) is 11.8 Å². The van der Waals surface area contributed by atoms with E-state index < -0.39 is 5.97 Å². The predicted molar refractivity (Wildman–Crippen MR) is 70.5 cm³/mol. The number of aromatic carboxylic acids is 1. The average molecular weight is 272 g/mol. The summed E-state index contributed by atoms with van der Waals surface area (Å²) in [6.45, 7) is 2.01. The summed E-state index contributed by atoms with van der Waals surface area (Å²) in [5.41, 5.74) is 3.27. The smallest absolute Gasteiger partial charge is 0.335 e. The van der Waals surface area contributed by atoms with Gasteiger partial charge in [-0.2, -0.15) is 0 Å². The van der Waals surface area contributed by atoms with Crippen LogP contribution in [0.2, 0.25) is 0 Å². The predicted octanol–water partition coefficient (Wildman–Crippen LogP) is 2.43. The van der Waals surface area contributed by atoms with Gasteiger partial charge in [-0.1, -0.05) is 6.07 Å². The number of rotatable bonds is 3. The minimum Gasteiger partial charge on any atom is -0.478 e. The Balaban J connectivity index is 1.75. The Morgan fingerprint density at radius 3 is 2.80 bits per heavy atom. The van der Waals surface area contributed by atoms with Crippen LogP contribution in [0.1, 0.15) is 27.0 Å². The third-order valence-electron chi connectivity index (χ3n) is 3.41. The van der Waals surface area contributed by atoms with Crippen LogP contribution in [0, 0.1) is 5.82 Å². The van der Waals surface area contributed by atoms with Crippen molar-refractivity contribution in [2.45, 2.75) is 19.6 Å². The summed E-state index contributed by atoms with van der Waals surface area (Å²) in [4.78, 5) is 16.9. The van der Waals surface area contributed by atoms with Gasteiger partial charge < -0.3 is 5.11 Å². The van der Waals surface area contributed by atoms with E-state index in [4.69, 9.17) is 5.11 Å². The standard InChI is InChI=1S/C15H13FN2O2/c16-14-3-10(5-17-6-14)7-18-8-12-2-1-11(15(19)20)4-13(12)9-18/h1-6H,7-9H2,(H,19,20). The van der Waals surface area contributed by atoms with Crippen LogP contribution >= 0.6 is 0 Å². The SMILES string of the molecule is O=C(O)c1ccc2c(c1)CN(Cc1cncc(F)c1)C2. The fraction of sp³-hybridized carbons (Fsp3) is 0.200. The molecule has 102 valence electrons. The van der Waals surface area contributed by atoms with E-state index in [9.17, 15) is 9.18 Å². The van der Waals surface area contributed by atoms with Crippen molar-refractivity contribution in [1.82, 2.24) is 9.88 Å². The molecule has 0 bridgehead atoms. The lowest BCUT2D eigenvalue weighted by Crippen LogP contribution is -2.15. The Kier molecular flexibility index (Phi) is 3.20. The molecule has 2 heterocycles. The van der Waals surface area contributed by atoms with Crippen molar-refractivity contribution in [3.63, 3.8) is 0 Å². The van der Waals surface area contributed by atoms with Crippen LogP contribution in [0.4, 0.5) is 4.39 Å². The first kappa shape index (κ1) is 12.7. The zero-order valence-corrected chi connectivity index (χ0v) is 10.7. The summed E-state index contributed by atoms with van der Waals surface area (Å²) >= 11 is 0. The van der Waals surface area contributed by atoms with Crippen LogP contribution in [-0.2, 0) is 19.6 Å². The molecule has 1 aliphatic heterocycles. The highest BCUT2D eigenvalue weighted by atomic mass is 19.1. The van der Waals surface area contributed by atoms with Gasteiger partial charge in [-0.3, -0.25) is 9.88 Å². The first-order valence-electron chi connectivity index (χ1n) is 6.29. The second kappa shape index (κ2) is 5.02. The summed E-state index contributed by atoms with van der Waals surface area (Å²) in [5, 5.41) is 8.98. The summed E-state index contributed by atoms with van der Waals surface area (Å²) in [6, 6.07) is 6.65. The molecule has 4 nitrogen and oxygen atoms in total. The van der Waals surface area contributed by atoms with Crippen molar-refractivity contribution in [2.24, 2.45) is 0 Å². The van der Waals surface area contributed by atoms with Crippen molar-refractivity contribution < 1.29 is 14.3 Å². The fourth-order valence-electron chi connectivity index (χ4n) is 2.51. The number of hydrogen-bond acceptors (Lipinski definition) is 3. The second-order valence-electron chi connectivity index (χ2n) is 4.95. The van der Waals surface area contributed by atoms with E-state index in [0.717, 1.165) is 23.2 Å². The van der Waals surface area contributed by atoms with Crippen molar-refractivity contribution >= 4 is 5.97 Å². The molecule has 5 heteroatoms. The monoisotopic (exact) mass is 272 g/mol. The number of carboxylic acids is 1. The lowest BCUT2D eigenvalue weighted by molar-refractivity contribution is 0.0696. The molecule has 0 amide bonds. The maximum Gasteiger partial charge on any atom is 0.335 e. The quantitative estimate of drug-likeness (QED) is 0.932. The molecule has 0 unspecified atom stereocenters. The molecule has 1 N–H and O–H groups in total. The number of benzene rings is 1. The highest BCUT2D eigenvalue weighted by Crippen LogP contribution is 2.25. The van der Waals surface area contributed by atoms with Gasteiger partial charge in [0.15, 0.2) is 0 Å². The summed E-state index contributed by atoms with van der Waals surface area (Å²) < 4.78 is 13.1. The van der Waals surface area contributed by atoms with Gasteiger partial charge in [-0.05, 0) is 34.9 Å². The maximum atomic E-state index is 13.1. The Morgan fingerprint density at radius 1 is 1.25 bits per heavy atom. The van der Waals surface area contributed by atoms with Gasteiger partial charge in [-0.25, -0.2) is 9.18 Å². The Bertz CT molecular complexity index is 673. The molecule has 1 aromatic heterocycles. The third kappa shape index (κ3) is 2.53. The van der Waals surface area contributed by atoms with Gasteiger partial charge >= 0.3 is 5.97 Å². The van der Waals surface area contributed by atoms with Crippen LogP contribution < -0.4 is 0 Å². The molecule has 1 aliphatic rings. The van der Waals surface area contributed by atoms with Crippen LogP contribution in [-0.4, -0.2) is 21.0 Å². The average Bonchev–Trinajstić information content (AvgIpc) is 2.79. The lowest BCUT2D eigenvalue weighted by Gasteiger charge is -2.14. The number of carbonyl (C=O) groups is 1. The zero-order chi connectivity index (χ0) is 14.1. The molecule has 0 spiro atoms. The van der Waals surface area contributed by atoms with E-state index in [2.05, 4.69) is 9.88 Å². The molecule has 0 fully saturated rings. The Morgan fingerprint density at radius 2 is 2.05 bits per heavy atom. The molecule has 0 aliphatic carbocycles. The van der Waals surface area contributed by atoms with Crippen LogP contribution in [0.3, 0.4) is 0 Å². The molecule has 0 atom stereocenters. The van der Waals surface area contributed by atoms with E-state index >= 15 is 0 Å². The van der Waals surface area contributed by atoms with Gasteiger partial charge in [0.1, 0.15) is 5.82 Å². The van der Waals surface area contributed by atoms with E-state index in [-0.39, 0.29) is 5.82 Å². The summed E-state index contributed by atoms with van der Waals surface area (Å²) in [5.74, 6) is -1.26. The van der Waals surface area contributed by atoms with Crippen molar-refractivity contribution in [3.8, 4) is 0 Å². The lowest BCUT2D eigenvalue weighted by atomic mass is 10.1. The fourth-order valence-corrected chi connectivity index (χ4v) is 2.51. The molecule has 0 saturated carbocycles. The number of halogens is 1. The van der Waals surface area contributed by atoms with Gasteiger partial charge in [-0.15, -0.1) is 0 Å². The van der Waals surface area contributed by atoms with Crippen LogP contribution in [0.25, 0.3) is 0 Å². The molecule has 2 aromatic rings. The summed E-state index contributed by atoms with van der Waals surface area (Å²) in [6.07, 6.45) is 2.83. The topological polar surface area (TPSA) is 53.4 Å². The molecule has 3 rings (SSSR count). The molecule has 0 saturated heterocycles. The number of hydrogen-bond donors (Lipinski definition) is 1. The third-order valence-corrected chi connectivity index (χ3v) is 3.41. The van der Waals surface area contributed by atoms with Crippen LogP contribution in [0.5, 0.6) is 0 Å². The number of fused-ring (bicyclic) bond motifs is 1. The largest absolute Gasteiger partial charge is 0.478 e. The number of carboxylic acid groups (broad SMARTS) is 1. The number of aromatic nitrogens is 1. The first-order valence-corrected chi connectivity index (χ1v) is 6.29. The van der Waals surface area contributed by atoms with Crippen molar-refractivity contribution in [1.29, 1.82) is 0 Å². The van der Waals surface area contributed by atoms with E-state index in [1.54, 1.807) is 18.3 Å². The van der Waals surface area contributed by atoms with Gasteiger partial charge in [0.2, 0.25) is 0 Å². The molecule has 0 radical (unpaired) electrons. The molecule has 1 aromatic carbocycles. The Hall–Kier alpha value is -2.27. The first-order chi connectivity index (χ1) is 9.61. The van der Waals surface area contributed by atoms with Crippen molar-refractivity contribution in [3.05, 3.63) is 64.7 Å². The maximum absolute atomic E-state index is 13.1. The van der Waals surface area contributed by atoms with Crippen molar-refractivity contribution in [2.75, 3.05) is 0 Å². The minimum absolute atomic E-state index is 0.304. The van der Waals surface area contributed by atoms with E-state index in [1.165, 1.54) is 12.3 Å². The normalized spacial score (nSPS) is 14.2. The number of nitrogens with zero attached hydrogens (tertiary/aromatic N) is 2. The zero-order valence-electron chi connectivity index (χ0n) is 10.7. The second-order valence-corrected chi connectivity index (χ2v) is 4.95. The van der Waals surface area contributed by atoms with Gasteiger partial charge in [0.25, 0.3) is 0 Å². The van der Waals surface area contributed by atoms with Crippen LogP contribution in [0.15, 0.2) is 36.7 Å². The highest BCUT2D eigenvalue weighted by Gasteiger charge is 2.20. The van der Waals surface area contributed by atoms with E-state index in [0.29, 0.717) is 18.7 Å². The molecular formula is C15H13FN2O2. The van der Waals surface area contributed by atoms with E-state index in [1.807, 2.05) is 6.07 Å². The highest BCUT2D eigenvalue weighted by molar-refractivity contribution is 5.87. The molecular weight excluding hydrogens is 259 g/mol. The number of pyridine rings is 1. The summed E-state index contributed by atoms with van der Waals surface area (Å²) in [7, 11) is 0.